The van der Waals surface area contributed by atoms with Crippen LogP contribution in [0.4, 0.5) is 9.59 Å². The summed E-state index contributed by atoms with van der Waals surface area (Å²) in [4.78, 5) is 16.7. The van der Waals surface area contributed by atoms with Crippen LogP contribution in [0.2, 0.25) is 0 Å². The van der Waals surface area contributed by atoms with E-state index in [0.717, 1.165) is 0 Å². The maximum absolute atomic E-state index is 8.33. The van der Waals surface area contributed by atoms with E-state index in [2.05, 4.69) is 0 Å². The summed E-state index contributed by atoms with van der Waals surface area (Å²) in [6, 6.07) is 0. The molecule has 0 amide bonds. The summed E-state index contributed by atoms with van der Waals surface area (Å²) >= 11 is 0. The normalized spacial score (nSPS) is 4.36. The average Bonchev–Trinajstić information content (AvgIpc) is 1.25. The maximum atomic E-state index is 8.33. The molecule has 0 aliphatic rings. The molecule has 0 unspecified atom stereocenters. The van der Waals surface area contributed by atoms with Gasteiger partial charge in [0.05, 0.1) is 0 Å². The quantitative estimate of drug-likeness (QED) is 0.430. The first-order valence-corrected chi connectivity index (χ1v) is 1.22. The topological polar surface area (TPSA) is 161 Å². The summed E-state index contributed by atoms with van der Waals surface area (Å²) in [5.74, 6) is 0. The van der Waals surface area contributed by atoms with Crippen LogP contribution in [0.15, 0.2) is 0 Å². The molecule has 0 aromatic heterocycles. The van der Waals surface area contributed by atoms with Gasteiger partial charge in [0.2, 0.25) is 0 Å². The van der Waals surface area contributed by atoms with Crippen molar-refractivity contribution in [3.05, 3.63) is 0 Å². The SMILES string of the molecule is N.O=C([O-])[O-].O=C([O-])[O-].[Cu+2].[Zn+2]. The zero-order valence-electron chi connectivity index (χ0n) is 5.17. The van der Waals surface area contributed by atoms with Crippen molar-refractivity contribution in [3.8, 4) is 0 Å². The van der Waals surface area contributed by atoms with E-state index in [1.165, 1.54) is 0 Å². The van der Waals surface area contributed by atoms with Crippen LogP contribution in [0.5, 0.6) is 0 Å². The Bertz CT molecular complexity index is 78.6. The molecule has 0 aliphatic carbocycles. The molecule has 1 radical (unpaired) electrons. The van der Waals surface area contributed by atoms with Gasteiger partial charge < -0.3 is 36.2 Å². The molecule has 0 aromatic rings. The van der Waals surface area contributed by atoms with Crippen molar-refractivity contribution in [2.75, 3.05) is 0 Å². The van der Waals surface area contributed by atoms with Gasteiger partial charge in [-0.25, -0.2) is 0 Å². The molecule has 11 heavy (non-hydrogen) atoms. The van der Waals surface area contributed by atoms with Gasteiger partial charge in [0.1, 0.15) is 0 Å². The molecule has 9 heteroatoms. The Morgan fingerprint density at radius 3 is 0.818 bits per heavy atom. The predicted molar refractivity (Wildman–Crippen MR) is 15.8 cm³/mol. The number of hydrogen-bond donors (Lipinski definition) is 1. The molecule has 65 valence electrons. The minimum atomic E-state index is -2.33. The van der Waals surface area contributed by atoms with E-state index in [0.29, 0.717) is 0 Å². The zero-order chi connectivity index (χ0) is 7.15. The molecule has 7 nitrogen and oxygen atoms in total. The first kappa shape index (κ1) is 31.1. The van der Waals surface area contributed by atoms with Crippen molar-refractivity contribution in [1.29, 1.82) is 0 Å². The van der Waals surface area contributed by atoms with Gasteiger partial charge in [-0.2, -0.15) is 0 Å². The summed E-state index contributed by atoms with van der Waals surface area (Å²) in [7, 11) is 0. The fourth-order valence-corrected chi connectivity index (χ4v) is 0. The molecule has 0 heterocycles. The van der Waals surface area contributed by atoms with Gasteiger partial charge >= 0.3 is 36.5 Å². The minimum absolute atomic E-state index is 0. The molecule has 0 atom stereocenters. The Kier molecular flexibility index (Phi) is 63.9. The molecule has 0 saturated carbocycles. The van der Waals surface area contributed by atoms with Crippen molar-refractivity contribution in [2.45, 2.75) is 0 Å². The Labute approximate surface area is 85.2 Å². The van der Waals surface area contributed by atoms with Crippen LogP contribution in [-0.2, 0) is 36.5 Å². The van der Waals surface area contributed by atoms with E-state index >= 15 is 0 Å². The third-order valence-electron chi connectivity index (χ3n) is 0. The van der Waals surface area contributed by atoms with Gasteiger partial charge in [0.15, 0.2) is 0 Å². The van der Waals surface area contributed by atoms with E-state index in [-0.39, 0.29) is 42.7 Å². The van der Waals surface area contributed by atoms with Crippen molar-refractivity contribution < 1.29 is 66.6 Å². The van der Waals surface area contributed by atoms with Crippen LogP contribution in [0.1, 0.15) is 0 Å². The van der Waals surface area contributed by atoms with Crippen molar-refractivity contribution in [1.82, 2.24) is 6.15 Å². The third-order valence-corrected chi connectivity index (χ3v) is 0. The molecular weight excluding hydrogens is 263 g/mol. The van der Waals surface area contributed by atoms with Gasteiger partial charge in [-0.15, -0.1) is 0 Å². The van der Waals surface area contributed by atoms with Gasteiger partial charge in [0.25, 0.3) is 0 Å². The van der Waals surface area contributed by atoms with Crippen molar-refractivity contribution in [2.24, 2.45) is 0 Å². The number of rotatable bonds is 0. The Balaban J connectivity index is -0.0000000171. The number of carboxylic acid groups (broad SMARTS) is 4. The molecule has 0 spiro atoms. The molecule has 3 N–H and O–H groups in total. The fourth-order valence-electron chi connectivity index (χ4n) is 0. The second-order valence-corrected chi connectivity index (χ2v) is 0.500. The summed E-state index contributed by atoms with van der Waals surface area (Å²) in [5, 5.41) is 33.3. The van der Waals surface area contributed by atoms with E-state index in [1.807, 2.05) is 0 Å². The Morgan fingerprint density at radius 2 is 0.818 bits per heavy atom. The van der Waals surface area contributed by atoms with Crippen molar-refractivity contribution in [3.63, 3.8) is 0 Å². The second-order valence-electron chi connectivity index (χ2n) is 0.500. The Hall–Kier alpha value is -0.357. The van der Waals surface area contributed by atoms with Gasteiger partial charge in [-0.05, 0) is 12.3 Å². The van der Waals surface area contributed by atoms with Gasteiger partial charge in [-0.3, -0.25) is 0 Å². The summed E-state index contributed by atoms with van der Waals surface area (Å²) in [6.45, 7) is 0. The first-order valence-electron chi connectivity index (χ1n) is 1.22. The monoisotopic (exact) mass is 264 g/mol. The summed E-state index contributed by atoms with van der Waals surface area (Å²) in [5.41, 5.74) is 0. The molecule has 0 bridgehead atoms. The van der Waals surface area contributed by atoms with E-state index in [9.17, 15) is 0 Å². The molecular formula is C2H3CuNO6Zn. The Morgan fingerprint density at radius 1 is 0.818 bits per heavy atom. The van der Waals surface area contributed by atoms with Crippen LogP contribution in [0, 0.1) is 0 Å². The molecule has 0 aromatic carbocycles. The fraction of sp³-hybridized carbons (Fsp3) is 0. The second kappa shape index (κ2) is 22.6. The van der Waals surface area contributed by atoms with Gasteiger partial charge in [0, 0.05) is 0 Å². The number of carbonyl (C=O) groups excluding carboxylic acids is 2. The number of hydrogen-bond acceptors (Lipinski definition) is 7. The molecule has 0 saturated heterocycles. The van der Waals surface area contributed by atoms with Crippen LogP contribution < -0.4 is 26.6 Å². The smallest absolute Gasteiger partial charge is 0.652 e. The third kappa shape index (κ3) is 4420. The average molecular weight is 266 g/mol. The summed E-state index contributed by atoms with van der Waals surface area (Å²) < 4.78 is 0. The maximum Gasteiger partial charge on any atom is 2.00 e. The largest absolute Gasteiger partial charge is 2.00 e. The van der Waals surface area contributed by atoms with E-state index in [4.69, 9.17) is 30.0 Å². The van der Waals surface area contributed by atoms with Crippen LogP contribution in [0.3, 0.4) is 0 Å². The standard InChI is InChI=1S/2CH2O3.Cu.H3N.Zn/c2*2-1(3)4;;;/h2*(H2,2,3,4);;1H3;/q;;+2;;+2/p-4. The molecule has 0 aliphatic heterocycles. The zero-order valence-corrected chi connectivity index (χ0v) is 9.07. The number of carbonyl (C=O) groups is 2. The minimum Gasteiger partial charge on any atom is -0.652 e. The van der Waals surface area contributed by atoms with Crippen molar-refractivity contribution >= 4 is 12.3 Å². The van der Waals surface area contributed by atoms with Gasteiger partial charge in [-0.1, -0.05) is 0 Å². The van der Waals surface area contributed by atoms with Crippen LogP contribution in [-0.4, -0.2) is 12.3 Å². The summed E-state index contributed by atoms with van der Waals surface area (Å²) in [6.07, 6.45) is -4.67. The predicted octanol–water partition coefficient (Wildman–Crippen LogP) is -4.74. The van der Waals surface area contributed by atoms with E-state index in [1.54, 1.807) is 0 Å². The molecule has 0 rings (SSSR count). The van der Waals surface area contributed by atoms with Crippen LogP contribution in [0.25, 0.3) is 0 Å². The van der Waals surface area contributed by atoms with E-state index < -0.39 is 12.3 Å². The first-order chi connectivity index (χ1) is 3.46. The molecule has 0 fully saturated rings. The van der Waals surface area contributed by atoms with Crippen LogP contribution >= 0.6 is 0 Å².